The predicted molar refractivity (Wildman–Crippen MR) is 98.5 cm³/mol. The Morgan fingerprint density at radius 3 is 2.52 bits per heavy atom. The molecule has 1 heterocycles. The maximum absolute atomic E-state index is 12.6. The molecule has 0 saturated heterocycles. The number of carbonyl (C=O) groups is 2. The maximum Gasteiger partial charge on any atom is 0.339 e. The van der Waals surface area contributed by atoms with Gasteiger partial charge in [0.2, 0.25) is 10.0 Å². The number of fused-ring (bicyclic) bond motifs is 1. The molecule has 8 heteroatoms. The zero-order chi connectivity index (χ0) is 19.7. The van der Waals surface area contributed by atoms with E-state index in [2.05, 4.69) is 5.32 Å². The third-order valence-electron chi connectivity index (χ3n) is 4.51. The Kier molecular flexibility index (Phi) is 5.03. The number of benzene rings is 2. The summed E-state index contributed by atoms with van der Waals surface area (Å²) in [5.41, 5.74) is 0.852. The van der Waals surface area contributed by atoms with Gasteiger partial charge in [-0.2, -0.15) is 0 Å². The molecule has 2 aromatic carbocycles. The number of rotatable bonds is 5. The van der Waals surface area contributed by atoms with Crippen LogP contribution in [0.25, 0.3) is 0 Å². The molecule has 0 saturated carbocycles. The second kappa shape index (κ2) is 7.13. The molecular weight excluding hydrogens is 368 g/mol. The molecule has 0 fully saturated rings. The third kappa shape index (κ3) is 4.17. The molecular formula is C19H20N2O5S. The van der Waals surface area contributed by atoms with Crippen molar-refractivity contribution in [1.82, 2.24) is 5.32 Å². The van der Waals surface area contributed by atoms with Gasteiger partial charge in [0.05, 0.1) is 10.5 Å². The van der Waals surface area contributed by atoms with Crippen molar-refractivity contribution in [3.63, 3.8) is 0 Å². The molecule has 3 rings (SSSR count). The maximum atomic E-state index is 12.6. The summed E-state index contributed by atoms with van der Waals surface area (Å²) in [5.74, 6) is -0.875. The molecule has 27 heavy (non-hydrogen) atoms. The van der Waals surface area contributed by atoms with E-state index in [0.717, 1.165) is 11.1 Å². The highest BCUT2D eigenvalue weighted by Crippen LogP contribution is 2.28. The fourth-order valence-electron chi connectivity index (χ4n) is 3.01. The fourth-order valence-corrected chi connectivity index (χ4v) is 3.53. The van der Waals surface area contributed by atoms with E-state index in [1.165, 1.54) is 12.1 Å². The minimum atomic E-state index is -3.72. The van der Waals surface area contributed by atoms with Crippen molar-refractivity contribution in [3.05, 3.63) is 65.2 Å². The van der Waals surface area contributed by atoms with E-state index in [4.69, 9.17) is 9.88 Å². The summed E-state index contributed by atoms with van der Waals surface area (Å²) >= 11 is 0. The number of amides is 1. The highest BCUT2D eigenvalue weighted by Gasteiger charge is 2.42. The summed E-state index contributed by atoms with van der Waals surface area (Å²) in [6.45, 7) is 1.92. The van der Waals surface area contributed by atoms with Crippen LogP contribution in [0, 0.1) is 0 Å². The Hall–Kier alpha value is -2.71. The molecule has 0 spiro atoms. The standard InChI is InChI=1S/C19H20N2O5S/c1-19(12-14-4-2-3-5-16(14)17(22)26-19)18(23)21-11-10-13-6-8-15(9-7-13)27(20,24)25/h2-9H,10-12H2,1H3,(H,21,23)(H2,20,24,25)/t19-/m0/s1. The van der Waals surface area contributed by atoms with Crippen LogP contribution in [-0.4, -0.2) is 32.4 Å². The van der Waals surface area contributed by atoms with Crippen molar-refractivity contribution in [1.29, 1.82) is 0 Å². The van der Waals surface area contributed by atoms with Crippen LogP contribution in [0.15, 0.2) is 53.4 Å². The third-order valence-corrected chi connectivity index (χ3v) is 5.44. The lowest BCUT2D eigenvalue weighted by Crippen LogP contribution is -2.52. The van der Waals surface area contributed by atoms with E-state index in [9.17, 15) is 18.0 Å². The SMILES string of the molecule is C[C@@]1(C(=O)NCCc2ccc(S(N)(=O)=O)cc2)Cc2ccccc2C(=O)O1. The quantitative estimate of drug-likeness (QED) is 0.746. The van der Waals surface area contributed by atoms with Gasteiger partial charge in [-0.1, -0.05) is 30.3 Å². The highest BCUT2D eigenvalue weighted by atomic mass is 32.2. The van der Waals surface area contributed by atoms with Crippen LogP contribution in [0.2, 0.25) is 0 Å². The number of hydrogen-bond acceptors (Lipinski definition) is 5. The molecule has 0 bridgehead atoms. The number of nitrogens with one attached hydrogen (secondary N) is 1. The first kappa shape index (κ1) is 19.1. The summed E-state index contributed by atoms with van der Waals surface area (Å²) in [6.07, 6.45) is 0.807. The lowest BCUT2D eigenvalue weighted by Gasteiger charge is -2.33. The summed E-state index contributed by atoms with van der Waals surface area (Å²) in [5, 5.41) is 7.84. The van der Waals surface area contributed by atoms with Crippen molar-refractivity contribution in [2.45, 2.75) is 30.3 Å². The first-order valence-corrected chi connectivity index (χ1v) is 9.95. The summed E-state index contributed by atoms with van der Waals surface area (Å²) in [4.78, 5) is 24.8. The van der Waals surface area contributed by atoms with Gasteiger partial charge in [-0.05, 0) is 42.7 Å². The number of primary sulfonamides is 1. The summed E-state index contributed by atoms with van der Waals surface area (Å²) in [7, 11) is -3.72. The first-order valence-electron chi connectivity index (χ1n) is 8.40. The van der Waals surface area contributed by atoms with E-state index in [0.29, 0.717) is 24.9 Å². The van der Waals surface area contributed by atoms with Gasteiger partial charge in [-0.25, -0.2) is 18.4 Å². The molecule has 2 aromatic rings. The second-order valence-corrected chi connectivity index (χ2v) is 8.21. The van der Waals surface area contributed by atoms with Crippen molar-refractivity contribution < 1.29 is 22.7 Å². The van der Waals surface area contributed by atoms with E-state index in [1.807, 2.05) is 12.1 Å². The average Bonchev–Trinajstić information content (AvgIpc) is 2.61. The minimum Gasteiger partial charge on any atom is -0.445 e. The number of carbonyl (C=O) groups excluding carboxylic acids is 2. The van der Waals surface area contributed by atoms with Crippen LogP contribution in [0.3, 0.4) is 0 Å². The Balaban J connectivity index is 1.60. The fraction of sp³-hybridized carbons (Fsp3) is 0.263. The summed E-state index contributed by atoms with van der Waals surface area (Å²) in [6, 6.07) is 13.2. The van der Waals surface area contributed by atoms with Crippen molar-refractivity contribution in [2.24, 2.45) is 5.14 Å². The molecule has 0 unspecified atom stereocenters. The zero-order valence-electron chi connectivity index (χ0n) is 14.8. The molecule has 7 nitrogen and oxygen atoms in total. The normalized spacial score (nSPS) is 19.1. The van der Waals surface area contributed by atoms with E-state index in [1.54, 1.807) is 31.2 Å². The van der Waals surface area contributed by atoms with Gasteiger partial charge in [0.15, 0.2) is 5.60 Å². The van der Waals surface area contributed by atoms with Gasteiger partial charge < -0.3 is 10.1 Å². The van der Waals surface area contributed by atoms with Gasteiger partial charge in [-0.15, -0.1) is 0 Å². The second-order valence-electron chi connectivity index (χ2n) is 6.65. The molecule has 0 aromatic heterocycles. The number of hydrogen-bond donors (Lipinski definition) is 2. The predicted octanol–water partition coefficient (Wildman–Crippen LogP) is 1.16. The van der Waals surface area contributed by atoms with Crippen LogP contribution in [0.4, 0.5) is 0 Å². The molecule has 142 valence electrons. The number of ether oxygens (including phenoxy) is 1. The number of cyclic esters (lactones) is 1. The van der Waals surface area contributed by atoms with Crippen molar-refractivity contribution in [2.75, 3.05) is 6.54 Å². The van der Waals surface area contributed by atoms with Gasteiger partial charge in [0, 0.05) is 13.0 Å². The molecule has 0 aliphatic carbocycles. The molecule has 0 radical (unpaired) electrons. The highest BCUT2D eigenvalue weighted by molar-refractivity contribution is 7.89. The topological polar surface area (TPSA) is 116 Å². The Morgan fingerprint density at radius 1 is 1.19 bits per heavy atom. The van der Waals surface area contributed by atoms with Gasteiger partial charge in [0.25, 0.3) is 5.91 Å². The van der Waals surface area contributed by atoms with Crippen LogP contribution in [-0.2, 0) is 32.4 Å². The van der Waals surface area contributed by atoms with Crippen LogP contribution in [0.1, 0.15) is 28.4 Å². The van der Waals surface area contributed by atoms with Crippen molar-refractivity contribution in [3.8, 4) is 0 Å². The van der Waals surface area contributed by atoms with Gasteiger partial charge >= 0.3 is 5.97 Å². The number of esters is 1. The molecule has 1 amide bonds. The average molecular weight is 388 g/mol. The Bertz CT molecular complexity index is 985. The molecule has 1 aliphatic heterocycles. The lowest BCUT2D eigenvalue weighted by atomic mass is 9.89. The number of nitrogens with two attached hydrogens (primary N) is 1. The monoisotopic (exact) mass is 388 g/mol. The van der Waals surface area contributed by atoms with Crippen LogP contribution in [0.5, 0.6) is 0 Å². The summed E-state index contributed by atoms with van der Waals surface area (Å²) < 4.78 is 27.9. The Morgan fingerprint density at radius 2 is 1.85 bits per heavy atom. The molecule has 1 atom stereocenters. The smallest absolute Gasteiger partial charge is 0.339 e. The van der Waals surface area contributed by atoms with Crippen LogP contribution < -0.4 is 10.5 Å². The number of sulfonamides is 1. The van der Waals surface area contributed by atoms with E-state index >= 15 is 0 Å². The largest absolute Gasteiger partial charge is 0.445 e. The van der Waals surface area contributed by atoms with Gasteiger partial charge in [-0.3, -0.25) is 4.79 Å². The molecule has 1 aliphatic rings. The zero-order valence-corrected chi connectivity index (χ0v) is 15.6. The van der Waals surface area contributed by atoms with E-state index < -0.39 is 21.6 Å². The van der Waals surface area contributed by atoms with Gasteiger partial charge in [0.1, 0.15) is 0 Å². The Labute approximate surface area is 157 Å². The minimum absolute atomic E-state index is 0.0376. The van der Waals surface area contributed by atoms with Crippen LogP contribution >= 0.6 is 0 Å². The lowest BCUT2D eigenvalue weighted by molar-refractivity contribution is -0.139. The molecule has 3 N–H and O–H groups in total. The first-order chi connectivity index (χ1) is 12.7. The van der Waals surface area contributed by atoms with E-state index in [-0.39, 0.29) is 10.8 Å². The van der Waals surface area contributed by atoms with Crippen molar-refractivity contribution >= 4 is 21.9 Å².